The van der Waals surface area contributed by atoms with Gasteiger partial charge in [0.05, 0.1) is 5.69 Å². The number of benzene rings is 1. The molecule has 0 aliphatic carbocycles. The van der Waals surface area contributed by atoms with E-state index in [0.29, 0.717) is 0 Å². The van der Waals surface area contributed by atoms with Crippen LogP contribution in [-0.2, 0) is 10.2 Å². The van der Waals surface area contributed by atoms with Crippen molar-refractivity contribution in [3.8, 4) is 5.75 Å². The van der Waals surface area contributed by atoms with E-state index in [4.69, 9.17) is 11.6 Å². The van der Waals surface area contributed by atoms with Gasteiger partial charge in [-0.1, -0.05) is 11.6 Å². The highest BCUT2D eigenvalue weighted by molar-refractivity contribution is 7.90. The number of phenols is 1. The summed E-state index contributed by atoms with van der Waals surface area (Å²) in [5.74, 6) is -0.461. The molecule has 1 rings (SSSR count). The van der Waals surface area contributed by atoms with Gasteiger partial charge in [0.25, 0.3) is 10.2 Å². The van der Waals surface area contributed by atoms with Crippen molar-refractivity contribution >= 4 is 27.5 Å². The van der Waals surface area contributed by atoms with Crippen LogP contribution in [0.2, 0.25) is 5.02 Å². The molecule has 0 spiro atoms. The summed E-state index contributed by atoms with van der Waals surface area (Å²) < 4.78 is 61.0. The Bertz CT molecular complexity index is 533. The molecule has 10 heteroatoms. The molecule has 0 aliphatic rings. The molecular formula is C8H8ClF3N2O3S. The molecule has 0 atom stereocenters. The number of anilines is 1. The van der Waals surface area contributed by atoms with E-state index >= 15 is 0 Å². The minimum absolute atomic E-state index is 0.112. The Hall–Kier alpha value is -1.19. The van der Waals surface area contributed by atoms with Crippen molar-refractivity contribution in [3.05, 3.63) is 23.2 Å². The Morgan fingerprint density at radius 2 is 1.94 bits per heavy atom. The SMILES string of the molecule is O=S(=O)(NCC(F)(F)F)Nc1cc(Cl)ccc1O. The van der Waals surface area contributed by atoms with Crippen LogP contribution >= 0.6 is 11.6 Å². The minimum atomic E-state index is -4.68. The van der Waals surface area contributed by atoms with E-state index in [0.717, 1.165) is 12.1 Å². The molecule has 0 saturated carbocycles. The molecule has 0 aliphatic heterocycles. The topological polar surface area (TPSA) is 78.4 Å². The highest BCUT2D eigenvalue weighted by Gasteiger charge is 2.29. The molecule has 0 fully saturated rings. The summed E-state index contributed by atoms with van der Waals surface area (Å²) >= 11 is 5.55. The van der Waals surface area contributed by atoms with Gasteiger partial charge >= 0.3 is 6.18 Å². The zero-order valence-electron chi connectivity index (χ0n) is 8.62. The lowest BCUT2D eigenvalue weighted by molar-refractivity contribution is -0.121. The maximum Gasteiger partial charge on any atom is 0.402 e. The average molecular weight is 305 g/mol. The van der Waals surface area contributed by atoms with Gasteiger partial charge in [-0.3, -0.25) is 4.72 Å². The first-order valence-electron chi connectivity index (χ1n) is 4.42. The summed E-state index contributed by atoms with van der Waals surface area (Å²) in [4.78, 5) is 0. The third-order valence-corrected chi connectivity index (χ3v) is 2.91. The molecule has 0 aromatic heterocycles. The Morgan fingerprint density at radius 3 is 2.50 bits per heavy atom. The summed E-state index contributed by atoms with van der Waals surface area (Å²) in [6.45, 7) is -1.72. The summed E-state index contributed by atoms with van der Waals surface area (Å²) in [5.41, 5.74) is -0.322. The maximum atomic E-state index is 11.8. The van der Waals surface area contributed by atoms with Crippen LogP contribution in [-0.4, -0.2) is 26.2 Å². The number of alkyl halides is 3. The van der Waals surface area contributed by atoms with Crippen LogP contribution in [0.4, 0.5) is 18.9 Å². The van der Waals surface area contributed by atoms with E-state index < -0.39 is 28.7 Å². The highest BCUT2D eigenvalue weighted by Crippen LogP contribution is 2.27. The van der Waals surface area contributed by atoms with E-state index in [9.17, 15) is 26.7 Å². The van der Waals surface area contributed by atoms with Crippen molar-refractivity contribution in [1.82, 2.24) is 4.72 Å². The van der Waals surface area contributed by atoms with Crippen LogP contribution in [0.3, 0.4) is 0 Å². The van der Waals surface area contributed by atoms with Gasteiger partial charge in [0.1, 0.15) is 12.3 Å². The second kappa shape index (κ2) is 5.21. The van der Waals surface area contributed by atoms with Crippen molar-refractivity contribution in [3.63, 3.8) is 0 Å². The minimum Gasteiger partial charge on any atom is -0.506 e. The van der Waals surface area contributed by atoms with Gasteiger partial charge in [-0.2, -0.15) is 26.3 Å². The third kappa shape index (κ3) is 4.98. The number of phenolic OH excluding ortho intramolecular Hbond substituents is 1. The first-order chi connectivity index (χ1) is 8.09. The molecule has 18 heavy (non-hydrogen) atoms. The van der Waals surface area contributed by atoms with E-state index in [2.05, 4.69) is 0 Å². The molecule has 0 amide bonds. The summed E-state index contributed by atoms with van der Waals surface area (Å²) in [7, 11) is -4.45. The van der Waals surface area contributed by atoms with Gasteiger partial charge in [0.15, 0.2) is 0 Å². The van der Waals surface area contributed by atoms with Gasteiger partial charge in [-0.25, -0.2) is 0 Å². The van der Waals surface area contributed by atoms with Gasteiger partial charge in [-0.05, 0) is 18.2 Å². The second-order valence-electron chi connectivity index (χ2n) is 3.20. The third-order valence-electron chi connectivity index (χ3n) is 1.67. The quantitative estimate of drug-likeness (QED) is 0.743. The van der Waals surface area contributed by atoms with Crippen molar-refractivity contribution < 1.29 is 26.7 Å². The lowest BCUT2D eigenvalue weighted by atomic mass is 10.3. The number of nitrogens with one attached hydrogen (secondary N) is 2. The van der Waals surface area contributed by atoms with Crippen LogP contribution in [0.5, 0.6) is 5.75 Å². The molecule has 0 saturated heterocycles. The Labute approximate surface area is 106 Å². The molecule has 1 aromatic rings. The van der Waals surface area contributed by atoms with E-state index in [1.807, 2.05) is 0 Å². The van der Waals surface area contributed by atoms with Crippen LogP contribution in [0.1, 0.15) is 0 Å². The predicted octanol–water partition coefficient (Wildman–Crippen LogP) is 1.85. The molecule has 0 unspecified atom stereocenters. The standard InChI is InChI=1S/C8H8ClF3N2O3S/c9-5-1-2-7(15)6(3-5)14-18(16,17)13-4-8(10,11)12/h1-3,13-15H,4H2. The van der Waals surface area contributed by atoms with Crippen LogP contribution in [0, 0.1) is 0 Å². The van der Waals surface area contributed by atoms with E-state index in [1.165, 1.54) is 10.8 Å². The molecule has 5 nitrogen and oxygen atoms in total. The van der Waals surface area contributed by atoms with Crippen LogP contribution < -0.4 is 9.44 Å². The average Bonchev–Trinajstić information content (AvgIpc) is 2.20. The maximum absolute atomic E-state index is 11.8. The molecule has 1 aromatic carbocycles. The van der Waals surface area contributed by atoms with Gasteiger partial charge in [0.2, 0.25) is 0 Å². The fourth-order valence-electron chi connectivity index (χ4n) is 0.948. The predicted molar refractivity (Wildman–Crippen MR) is 59.7 cm³/mol. The number of aromatic hydroxyl groups is 1. The molecule has 3 N–H and O–H groups in total. The Balaban J connectivity index is 2.80. The summed E-state index contributed by atoms with van der Waals surface area (Å²) in [6, 6.07) is 3.45. The highest BCUT2D eigenvalue weighted by atomic mass is 35.5. The second-order valence-corrected chi connectivity index (χ2v) is 5.14. The lowest BCUT2D eigenvalue weighted by Gasteiger charge is -2.12. The van der Waals surface area contributed by atoms with E-state index in [-0.39, 0.29) is 10.7 Å². The van der Waals surface area contributed by atoms with Crippen molar-refractivity contribution in [2.75, 3.05) is 11.3 Å². The summed E-state index contributed by atoms with van der Waals surface area (Å²) in [5, 5.41) is 9.40. The number of hydrogen-bond donors (Lipinski definition) is 3. The molecule has 0 radical (unpaired) electrons. The zero-order valence-corrected chi connectivity index (χ0v) is 10.2. The number of hydrogen-bond acceptors (Lipinski definition) is 3. The molecular weight excluding hydrogens is 297 g/mol. The fraction of sp³-hybridized carbons (Fsp3) is 0.250. The van der Waals surface area contributed by atoms with Gasteiger partial charge in [0, 0.05) is 5.02 Å². The lowest BCUT2D eigenvalue weighted by Crippen LogP contribution is -2.37. The fourth-order valence-corrected chi connectivity index (χ4v) is 2.00. The first kappa shape index (κ1) is 14.9. The largest absolute Gasteiger partial charge is 0.506 e. The Kier molecular flexibility index (Phi) is 4.30. The normalized spacial score (nSPS) is 12.4. The van der Waals surface area contributed by atoms with Crippen LogP contribution in [0.25, 0.3) is 0 Å². The van der Waals surface area contributed by atoms with Crippen molar-refractivity contribution in [2.24, 2.45) is 0 Å². The van der Waals surface area contributed by atoms with Gasteiger partial charge < -0.3 is 5.11 Å². The summed E-state index contributed by atoms with van der Waals surface area (Å²) in [6.07, 6.45) is -4.68. The van der Waals surface area contributed by atoms with Gasteiger partial charge in [-0.15, -0.1) is 0 Å². The van der Waals surface area contributed by atoms with Crippen molar-refractivity contribution in [1.29, 1.82) is 0 Å². The van der Waals surface area contributed by atoms with E-state index in [1.54, 1.807) is 4.72 Å². The van der Waals surface area contributed by atoms with Crippen molar-refractivity contribution in [2.45, 2.75) is 6.18 Å². The Morgan fingerprint density at radius 1 is 1.33 bits per heavy atom. The zero-order chi connectivity index (χ0) is 14.0. The smallest absolute Gasteiger partial charge is 0.402 e. The van der Waals surface area contributed by atoms with Crippen LogP contribution in [0.15, 0.2) is 18.2 Å². The first-order valence-corrected chi connectivity index (χ1v) is 6.28. The monoisotopic (exact) mass is 304 g/mol. The molecule has 0 heterocycles. The number of rotatable bonds is 4. The number of halogens is 4. The molecule has 0 bridgehead atoms. The molecule has 102 valence electrons.